The van der Waals surface area contributed by atoms with E-state index in [-0.39, 0.29) is 5.91 Å². The summed E-state index contributed by atoms with van der Waals surface area (Å²) in [6, 6.07) is 10.9. The van der Waals surface area contributed by atoms with Crippen molar-refractivity contribution in [3.8, 4) is 5.75 Å². The summed E-state index contributed by atoms with van der Waals surface area (Å²) in [7, 11) is 1.55. The SMILES string of the molecule is COc1ccccc1N1C(=O)/C(=C\c2ccc(C)o2)NC1=S. The van der Waals surface area contributed by atoms with Gasteiger partial charge in [0.1, 0.15) is 23.0 Å². The maximum Gasteiger partial charge on any atom is 0.281 e. The number of hydrogen-bond donors (Lipinski definition) is 1. The molecule has 0 saturated carbocycles. The number of anilines is 1. The molecule has 1 fully saturated rings. The summed E-state index contributed by atoms with van der Waals surface area (Å²) in [5.74, 6) is 1.71. The number of rotatable bonds is 3. The lowest BCUT2D eigenvalue weighted by atomic mass is 10.2. The largest absolute Gasteiger partial charge is 0.495 e. The van der Waals surface area contributed by atoms with Crippen LogP contribution in [0.4, 0.5) is 5.69 Å². The number of furan rings is 1. The lowest BCUT2D eigenvalue weighted by Crippen LogP contribution is -2.30. The molecule has 5 nitrogen and oxygen atoms in total. The zero-order valence-corrected chi connectivity index (χ0v) is 12.9. The minimum atomic E-state index is -0.247. The number of thiocarbonyl (C=S) groups is 1. The highest BCUT2D eigenvalue weighted by Gasteiger charge is 2.33. The van der Waals surface area contributed by atoms with Crippen LogP contribution in [0.2, 0.25) is 0 Å². The number of ether oxygens (including phenoxy) is 1. The Kier molecular flexibility index (Phi) is 3.68. The normalized spacial score (nSPS) is 16.3. The Bertz CT molecular complexity index is 779. The molecule has 3 rings (SSSR count). The Labute approximate surface area is 133 Å². The molecule has 1 saturated heterocycles. The summed E-state index contributed by atoms with van der Waals surface area (Å²) in [5, 5.41) is 3.22. The minimum Gasteiger partial charge on any atom is -0.495 e. The van der Waals surface area contributed by atoms with Crippen molar-refractivity contribution in [3.63, 3.8) is 0 Å². The molecule has 1 amide bonds. The first kappa shape index (κ1) is 14.3. The molecule has 0 aliphatic carbocycles. The average Bonchev–Trinajstić information content (AvgIpc) is 3.03. The number of carbonyl (C=O) groups is 1. The van der Waals surface area contributed by atoms with Crippen LogP contribution in [0.15, 0.2) is 46.5 Å². The molecule has 0 atom stereocenters. The second kappa shape index (κ2) is 5.65. The van der Waals surface area contributed by atoms with E-state index in [1.807, 2.05) is 25.1 Å². The van der Waals surface area contributed by atoms with Gasteiger partial charge < -0.3 is 14.5 Å². The molecule has 0 unspecified atom stereocenters. The summed E-state index contributed by atoms with van der Waals surface area (Å²) in [5.41, 5.74) is 0.969. The monoisotopic (exact) mass is 314 g/mol. The van der Waals surface area contributed by atoms with Gasteiger partial charge in [0.05, 0.1) is 12.8 Å². The van der Waals surface area contributed by atoms with Gasteiger partial charge >= 0.3 is 0 Å². The quantitative estimate of drug-likeness (QED) is 0.697. The lowest BCUT2D eigenvalue weighted by Gasteiger charge is -2.17. The fourth-order valence-electron chi connectivity index (χ4n) is 2.24. The first-order valence-corrected chi connectivity index (χ1v) is 7.07. The highest BCUT2D eigenvalue weighted by Crippen LogP contribution is 2.31. The van der Waals surface area contributed by atoms with Crippen molar-refractivity contribution >= 4 is 35.0 Å². The molecule has 112 valence electrons. The molecular formula is C16H14N2O3S. The fourth-order valence-corrected chi connectivity index (χ4v) is 2.53. The van der Waals surface area contributed by atoms with Crippen molar-refractivity contribution in [2.45, 2.75) is 6.92 Å². The van der Waals surface area contributed by atoms with E-state index < -0.39 is 0 Å². The third kappa shape index (κ3) is 2.48. The van der Waals surface area contributed by atoms with Gasteiger partial charge in [0.2, 0.25) is 0 Å². The van der Waals surface area contributed by atoms with Crippen LogP contribution >= 0.6 is 12.2 Å². The third-order valence-corrected chi connectivity index (χ3v) is 3.54. The molecule has 1 aromatic heterocycles. The zero-order valence-electron chi connectivity index (χ0n) is 12.1. The van der Waals surface area contributed by atoms with Crippen LogP contribution in [-0.2, 0) is 4.79 Å². The third-order valence-electron chi connectivity index (χ3n) is 3.25. The number of benzene rings is 1. The average molecular weight is 314 g/mol. The van der Waals surface area contributed by atoms with Gasteiger partial charge in [-0.25, -0.2) is 4.90 Å². The molecule has 0 bridgehead atoms. The minimum absolute atomic E-state index is 0.247. The van der Waals surface area contributed by atoms with E-state index in [1.54, 1.807) is 31.4 Å². The van der Waals surface area contributed by atoms with E-state index in [4.69, 9.17) is 21.4 Å². The molecule has 0 spiro atoms. The number of aryl methyl sites for hydroxylation is 1. The van der Waals surface area contributed by atoms with Crippen molar-refractivity contribution in [2.75, 3.05) is 12.0 Å². The molecule has 1 aliphatic rings. The van der Waals surface area contributed by atoms with Gasteiger partial charge in [0.15, 0.2) is 5.11 Å². The van der Waals surface area contributed by atoms with Gasteiger partial charge in [-0.05, 0) is 43.4 Å². The number of nitrogens with zero attached hydrogens (tertiary/aromatic N) is 1. The maximum absolute atomic E-state index is 12.6. The van der Waals surface area contributed by atoms with Crippen LogP contribution in [0, 0.1) is 6.92 Å². The Morgan fingerprint density at radius 3 is 2.73 bits per heavy atom. The van der Waals surface area contributed by atoms with Crippen LogP contribution < -0.4 is 15.0 Å². The van der Waals surface area contributed by atoms with E-state index in [0.717, 1.165) is 5.76 Å². The van der Waals surface area contributed by atoms with Gasteiger partial charge in [-0.3, -0.25) is 4.79 Å². The Balaban J connectivity index is 1.97. The van der Waals surface area contributed by atoms with Gasteiger partial charge in [-0.15, -0.1) is 0 Å². The van der Waals surface area contributed by atoms with Gasteiger partial charge in [-0.2, -0.15) is 0 Å². The summed E-state index contributed by atoms with van der Waals surface area (Å²) < 4.78 is 10.8. The number of methoxy groups -OCH3 is 1. The predicted molar refractivity (Wildman–Crippen MR) is 87.6 cm³/mol. The summed E-state index contributed by atoms with van der Waals surface area (Å²) in [6.45, 7) is 1.84. The highest BCUT2D eigenvalue weighted by molar-refractivity contribution is 7.80. The maximum atomic E-state index is 12.6. The lowest BCUT2D eigenvalue weighted by molar-refractivity contribution is -0.113. The number of hydrogen-bond acceptors (Lipinski definition) is 4. The van der Waals surface area contributed by atoms with Crippen LogP contribution in [0.5, 0.6) is 5.75 Å². The van der Waals surface area contributed by atoms with Crippen LogP contribution in [0.25, 0.3) is 6.08 Å². The van der Waals surface area contributed by atoms with Crippen molar-refractivity contribution in [1.82, 2.24) is 5.32 Å². The topological polar surface area (TPSA) is 54.7 Å². The Morgan fingerprint density at radius 2 is 2.05 bits per heavy atom. The van der Waals surface area contributed by atoms with E-state index >= 15 is 0 Å². The Morgan fingerprint density at radius 1 is 1.27 bits per heavy atom. The number of para-hydroxylation sites is 2. The number of amides is 1. The fraction of sp³-hybridized carbons (Fsp3) is 0.125. The van der Waals surface area contributed by atoms with E-state index in [0.29, 0.717) is 28.0 Å². The summed E-state index contributed by atoms with van der Waals surface area (Å²) >= 11 is 5.27. The molecule has 6 heteroatoms. The second-order valence-electron chi connectivity index (χ2n) is 4.75. The predicted octanol–water partition coefficient (Wildman–Crippen LogP) is 2.86. The Hall–Kier alpha value is -2.60. The smallest absolute Gasteiger partial charge is 0.281 e. The van der Waals surface area contributed by atoms with Gasteiger partial charge in [-0.1, -0.05) is 12.1 Å². The van der Waals surface area contributed by atoms with Crippen molar-refractivity contribution in [3.05, 3.63) is 53.6 Å². The molecule has 1 N–H and O–H groups in total. The van der Waals surface area contributed by atoms with Gasteiger partial charge in [0, 0.05) is 6.08 Å². The van der Waals surface area contributed by atoms with Gasteiger partial charge in [0.25, 0.3) is 5.91 Å². The molecule has 2 heterocycles. The first-order valence-electron chi connectivity index (χ1n) is 6.67. The van der Waals surface area contributed by atoms with Crippen molar-refractivity contribution in [1.29, 1.82) is 0 Å². The van der Waals surface area contributed by atoms with E-state index in [9.17, 15) is 4.79 Å². The zero-order chi connectivity index (χ0) is 15.7. The number of carbonyl (C=O) groups excluding carboxylic acids is 1. The molecule has 2 aromatic rings. The molecule has 1 aliphatic heterocycles. The molecule has 22 heavy (non-hydrogen) atoms. The summed E-state index contributed by atoms with van der Waals surface area (Å²) in [6.07, 6.45) is 1.64. The summed E-state index contributed by atoms with van der Waals surface area (Å²) in [4.78, 5) is 14.0. The molecular weight excluding hydrogens is 300 g/mol. The standard InChI is InChI=1S/C16H14N2O3S/c1-10-7-8-11(21-10)9-12-15(19)18(16(22)17-12)13-5-3-4-6-14(13)20-2/h3-9H,1-2H3,(H,17,22)/b12-9+. The van der Waals surface area contributed by atoms with Crippen LogP contribution in [0.3, 0.4) is 0 Å². The van der Waals surface area contributed by atoms with E-state index in [2.05, 4.69) is 5.32 Å². The first-order chi connectivity index (χ1) is 10.6. The highest BCUT2D eigenvalue weighted by atomic mass is 32.1. The number of nitrogens with one attached hydrogen (secondary N) is 1. The van der Waals surface area contributed by atoms with Crippen molar-refractivity contribution < 1.29 is 13.9 Å². The van der Waals surface area contributed by atoms with Crippen molar-refractivity contribution in [2.24, 2.45) is 0 Å². The van der Waals surface area contributed by atoms with Crippen LogP contribution in [0.1, 0.15) is 11.5 Å². The second-order valence-corrected chi connectivity index (χ2v) is 5.14. The molecule has 1 aromatic carbocycles. The van der Waals surface area contributed by atoms with Crippen LogP contribution in [-0.4, -0.2) is 18.1 Å². The van der Waals surface area contributed by atoms with E-state index in [1.165, 1.54) is 4.90 Å². The molecule has 0 radical (unpaired) electrons.